The highest BCUT2D eigenvalue weighted by Crippen LogP contribution is 2.29. The Morgan fingerprint density at radius 2 is 2.12 bits per heavy atom. The third-order valence-corrected chi connectivity index (χ3v) is 4.22. The van der Waals surface area contributed by atoms with Gasteiger partial charge in [0.2, 0.25) is 0 Å². The van der Waals surface area contributed by atoms with E-state index in [1.54, 1.807) is 38.1 Å². The number of halogens is 1. The van der Waals surface area contributed by atoms with E-state index < -0.39 is 12.1 Å². The number of carbonyl (C=O) groups excluding carboxylic acids is 3. The lowest BCUT2D eigenvalue weighted by atomic mass is 9.97. The van der Waals surface area contributed by atoms with Gasteiger partial charge in [0.1, 0.15) is 18.1 Å². The van der Waals surface area contributed by atoms with Gasteiger partial charge in [-0.25, -0.2) is 4.79 Å². The number of carbonyl (C=O) groups is 3. The molecule has 0 aliphatic rings. The van der Waals surface area contributed by atoms with Gasteiger partial charge in [0.05, 0.1) is 12.3 Å². The largest absolute Gasteiger partial charge is 0.461 e. The molecule has 132 valence electrons. The molecular formula is C18H18BrNO5. The fourth-order valence-electron chi connectivity index (χ4n) is 2.55. The van der Waals surface area contributed by atoms with E-state index in [0.717, 1.165) is 4.47 Å². The van der Waals surface area contributed by atoms with Crippen molar-refractivity contribution in [2.24, 2.45) is 0 Å². The van der Waals surface area contributed by atoms with Gasteiger partial charge in [0.15, 0.2) is 5.78 Å². The maximum absolute atomic E-state index is 13.0. The molecule has 0 saturated carbocycles. The molecule has 1 aromatic heterocycles. The van der Waals surface area contributed by atoms with Gasteiger partial charge >= 0.3 is 5.97 Å². The van der Waals surface area contributed by atoms with Crippen molar-refractivity contribution in [2.75, 3.05) is 6.61 Å². The van der Waals surface area contributed by atoms with E-state index in [1.807, 2.05) is 0 Å². The van der Waals surface area contributed by atoms with Gasteiger partial charge in [-0.3, -0.25) is 4.79 Å². The minimum atomic E-state index is -1.22. The summed E-state index contributed by atoms with van der Waals surface area (Å²) in [4.78, 5) is 38.6. The number of aliphatic hydroxyl groups is 1. The van der Waals surface area contributed by atoms with E-state index >= 15 is 0 Å². The second-order valence-electron chi connectivity index (χ2n) is 5.39. The predicted octanol–water partition coefficient (Wildman–Crippen LogP) is 3.12. The van der Waals surface area contributed by atoms with Crippen LogP contribution in [-0.4, -0.2) is 34.7 Å². The Labute approximate surface area is 153 Å². The molecule has 0 amide bonds. The summed E-state index contributed by atoms with van der Waals surface area (Å²) in [7, 11) is 0. The first-order valence-electron chi connectivity index (χ1n) is 7.72. The minimum absolute atomic E-state index is 0.0974. The van der Waals surface area contributed by atoms with E-state index in [-0.39, 0.29) is 35.8 Å². The van der Waals surface area contributed by atoms with Crippen molar-refractivity contribution in [3.05, 3.63) is 56.8 Å². The first kappa shape index (κ1) is 19.1. The number of hydrogen-bond donors (Lipinski definition) is 2. The van der Waals surface area contributed by atoms with Gasteiger partial charge in [0.25, 0.3) is 0 Å². The van der Waals surface area contributed by atoms with E-state index in [4.69, 9.17) is 4.74 Å². The van der Waals surface area contributed by atoms with Crippen LogP contribution in [0.3, 0.4) is 0 Å². The second-order valence-corrected chi connectivity index (χ2v) is 6.31. The maximum atomic E-state index is 13.0. The van der Waals surface area contributed by atoms with Crippen molar-refractivity contribution in [3.63, 3.8) is 0 Å². The van der Waals surface area contributed by atoms with Crippen LogP contribution >= 0.6 is 15.9 Å². The fourth-order valence-corrected chi connectivity index (χ4v) is 2.95. The maximum Gasteiger partial charge on any atom is 0.355 e. The van der Waals surface area contributed by atoms with Gasteiger partial charge in [-0.2, -0.15) is 0 Å². The zero-order chi connectivity index (χ0) is 18.6. The lowest BCUT2D eigenvalue weighted by molar-refractivity contribution is -0.109. The lowest BCUT2D eigenvalue weighted by Gasteiger charge is -2.09. The molecule has 1 aromatic carbocycles. The molecule has 0 spiro atoms. The molecular weight excluding hydrogens is 390 g/mol. The molecule has 25 heavy (non-hydrogen) atoms. The number of aliphatic hydroxyl groups excluding tert-OH is 1. The van der Waals surface area contributed by atoms with Gasteiger partial charge in [-0.05, 0) is 31.5 Å². The van der Waals surface area contributed by atoms with Crippen LogP contribution in [0, 0.1) is 6.92 Å². The van der Waals surface area contributed by atoms with Crippen LogP contribution in [0.4, 0.5) is 0 Å². The van der Waals surface area contributed by atoms with E-state index in [9.17, 15) is 19.5 Å². The monoisotopic (exact) mass is 407 g/mol. The van der Waals surface area contributed by atoms with Crippen molar-refractivity contribution in [2.45, 2.75) is 26.4 Å². The third kappa shape index (κ3) is 4.05. The highest BCUT2D eigenvalue weighted by Gasteiger charge is 2.28. The number of aromatic nitrogens is 1. The first-order valence-corrected chi connectivity index (χ1v) is 8.51. The highest BCUT2D eigenvalue weighted by molar-refractivity contribution is 9.10. The van der Waals surface area contributed by atoms with E-state index in [0.29, 0.717) is 17.4 Å². The zero-order valence-corrected chi connectivity index (χ0v) is 15.4. The summed E-state index contributed by atoms with van der Waals surface area (Å²) in [5.41, 5.74) is 1.18. The molecule has 6 nitrogen and oxygen atoms in total. The van der Waals surface area contributed by atoms with Gasteiger partial charge in [-0.15, -0.1) is 0 Å². The second kappa shape index (κ2) is 8.22. The van der Waals surface area contributed by atoms with Crippen LogP contribution in [0.15, 0.2) is 28.7 Å². The third-order valence-electron chi connectivity index (χ3n) is 3.73. The molecule has 1 atom stereocenters. The molecule has 0 aliphatic heterocycles. The molecule has 1 heterocycles. The standard InChI is InChI=1S/C18H18BrNO5/c1-3-25-18(24)15-10(2)14(16(20-15)13(22)7-8-21)17(23)11-5-4-6-12(19)9-11/h4-6,8-9,13,20,22H,3,7H2,1-2H3. The van der Waals surface area contributed by atoms with Crippen LogP contribution in [0.5, 0.6) is 0 Å². The molecule has 0 bridgehead atoms. The average molecular weight is 408 g/mol. The van der Waals surface area contributed by atoms with Gasteiger partial charge in [0, 0.05) is 22.0 Å². The summed E-state index contributed by atoms with van der Waals surface area (Å²) in [5.74, 6) is -0.974. The summed E-state index contributed by atoms with van der Waals surface area (Å²) in [6, 6.07) is 6.79. The Bertz CT molecular complexity index is 812. The Balaban J connectivity index is 2.59. The average Bonchev–Trinajstić information content (AvgIpc) is 2.92. The molecule has 2 rings (SSSR count). The summed E-state index contributed by atoms with van der Waals surface area (Å²) in [6.45, 7) is 3.45. The Morgan fingerprint density at radius 3 is 2.72 bits per heavy atom. The first-order chi connectivity index (χ1) is 11.9. The van der Waals surface area contributed by atoms with Crippen molar-refractivity contribution in [1.82, 2.24) is 4.98 Å². The summed E-state index contributed by atoms with van der Waals surface area (Å²) >= 11 is 3.31. The highest BCUT2D eigenvalue weighted by atomic mass is 79.9. The molecule has 2 N–H and O–H groups in total. The number of aldehydes is 1. The number of ether oxygens (including phenoxy) is 1. The fraction of sp³-hybridized carbons (Fsp3) is 0.278. The van der Waals surface area contributed by atoms with Gasteiger partial charge < -0.3 is 19.6 Å². The SMILES string of the molecule is CCOC(=O)c1[nH]c(C(O)CC=O)c(C(=O)c2cccc(Br)c2)c1C. The number of H-pyrrole nitrogens is 1. The number of ketones is 1. The quantitative estimate of drug-likeness (QED) is 0.417. The lowest BCUT2D eigenvalue weighted by Crippen LogP contribution is -2.09. The van der Waals surface area contributed by atoms with E-state index in [1.165, 1.54) is 0 Å². The summed E-state index contributed by atoms with van der Waals surface area (Å²) in [6.07, 6.45) is -0.857. The Morgan fingerprint density at radius 1 is 1.40 bits per heavy atom. The number of nitrogens with one attached hydrogen (secondary N) is 1. The number of hydrogen-bond acceptors (Lipinski definition) is 5. The van der Waals surface area contributed by atoms with E-state index in [2.05, 4.69) is 20.9 Å². The zero-order valence-electron chi connectivity index (χ0n) is 13.8. The number of rotatable bonds is 7. The molecule has 0 aliphatic carbocycles. The molecule has 0 radical (unpaired) electrons. The number of esters is 1. The van der Waals surface area contributed by atoms with Crippen LogP contribution < -0.4 is 0 Å². The number of aromatic amines is 1. The van der Waals surface area contributed by atoms with Crippen LogP contribution in [0.1, 0.15) is 57.1 Å². The molecule has 2 aromatic rings. The minimum Gasteiger partial charge on any atom is -0.461 e. The Hall–Kier alpha value is -2.25. The molecule has 0 saturated heterocycles. The molecule has 7 heteroatoms. The molecule has 0 fully saturated rings. The topological polar surface area (TPSA) is 96.5 Å². The van der Waals surface area contributed by atoms with Crippen molar-refractivity contribution >= 4 is 34.0 Å². The smallest absolute Gasteiger partial charge is 0.355 e. The van der Waals surface area contributed by atoms with Crippen LogP contribution in [0.2, 0.25) is 0 Å². The summed E-state index contributed by atoms with van der Waals surface area (Å²) < 4.78 is 5.71. The van der Waals surface area contributed by atoms with Crippen LogP contribution in [-0.2, 0) is 9.53 Å². The Kier molecular flexibility index (Phi) is 6.27. The predicted molar refractivity (Wildman–Crippen MR) is 94.7 cm³/mol. The van der Waals surface area contributed by atoms with Crippen molar-refractivity contribution < 1.29 is 24.2 Å². The molecule has 1 unspecified atom stereocenters. The summed E-state index contributed by atoms with van der Waals surface area (Å²) in [5, 5.41) is 10.2. The van der Waals surface area contributed by atoms with Crippen LogP contribution in [0.25, 0.3) is 0 Å². The van der Waals surface area contributed by atoms with Crippen molar-refractivity contribution in [1.29, 1.82) is 0 Å². The van der Waals surface area contributed by atoms with Crippen molar-refractivity contribution in [3.8, 4) is 0 Å². The number of benzene rings is 1. The van der Waals surface area contributed by atoms with Gasteiger partial charge in [-0.1, -0.05) is 28.1 Å². The normalized spacial score (nSPS) is 11.8.